The fourth-order valence-corrected chi connectivity index (χ4v) is 1.68. The van der Waals surface area contributed by atoms with Gasteiger partial charge in [-0.05, 0) is 0 Å². The van der Waals surface area contributed by atoms with E-state index in [0.29, 0.717) is 6.61 Å². The van der Waals surface area contributed by atoms with Crippen LogP contribution in [0.4, 0.5) is 0 Å². The van der Waals surface area contributed by atoms with Crippen LogP contribution in [0.25, 0.3) is 0 Å². The van der Waals surface area contributed by atoms with Gasteiger partial charge in [-0.15, -0.1) is 0 Å². The van der Waals surface area contributed by atoms with Crippen molar-refractivity contribution in [3.63, 3.8) is 0 Å². The third-order valence-corrected chi connectivity index (χ3v) is 2.43. The number of hydrogen-bond acceptors (Lipinski definition) is 6. The summed E-state index contributed by atoms with van der Waals surface area (Å²) in [4.78, 5) is 0. The van der Waals surface area contributed by atoms with Crippen LogP contribution in [-0.4, -0.2) is 61.4 Å². The lowest BCUT2D eigenvalue weighted by Gasteiger charge is -2.41. The van der Waals surface area contributed by atoms with E-state index in [2.05, 4.69) is 0 Å². The largest absolute Gasteiger partial charge is 0.394 e. The molecule has 0 radical (unpaired) electrons. The zero-order chi connectivity index (χ0) is 9.97. The van der Waals surface area contributed by atoms with Gasteiger partial charge in [0.05, 0.1) is 13.2 Å². The predicted molar refractivity (Wildman–Crippen MR) is 43.4 cm³/mol. The summed E-state index contributed by atoms with van der Waals surface area (Å²) in [6.07, 6.45) is -2.06. The minimum Gasteiger partial charge on any atom is -0.394 e. The Labute approximate surface area is 81.3 Å². The summed E-state index contributed by atoms with van der Waals surface area (Å²) in [7, 11) is 0. The van der Waals surface area contributed by atoms with E-state index in [-0.39, 0.29) is 32.4 Å². The zero-order valence-corrected chi connectivity index (χ0v) is 7.67. The van der Waals surface area contributed by atoms with Crippen LogP contribution >= 0.6 is 0 Å². The lowest BCUT2D eigenvalue weighted by Crippen LogP contribution is -2.57. The number of aliphatic hydroxyl groups is 2. The summed E-state index contributed by atoms with van der Waals surface area (Å²) in [5, 5.41) is 18.3. The highest BCUT2D eigenvalue weighted by molar-refractivity contribution is 4.87. The molecule has 0 aromatic heterocycles. The van der Waals surface area contributed by atoms with E-state index in [1.807, 2.05) is 0 Å². The zero-order valence-electron chi connectivity index (χ0n) is 7.67. The Hall–Kier alpha value is -0.240. The third kappa shape index (κ3) is 1.90. The molecule has 2 heterocycles. The number of fused-ring (bicyclic) bond motifs is 1. The van der Waals surface area contributed by atoms with E-state index < -0.39 is 12.2 Å². The summed E-state index contributed by atoms with van der Waals surface area (Å²) >= 11 is 0. The number of hydrogen-bond donors (Lipinski definition) is 2. The van der Waals surface area contributed by atoms with E-state index in [9.17, 15) is 5.11 Å². The predicted octanol–water partition coefficient (Wildman–Crippen LogP) is -1.55. The van der Waals surface area contributed by atoms with Crippen LogP contribution in [0.2, 0.25) is 0 Å². The quantitative estimate of drug-likeness (QED) is 0.570. The van der Waals surface area contributed by atoms with Crippen LogP contribution in [0, 0.1) is 0 Å². The van der Waals surface area contributed by atoms with Gasteiger partial charge in [-0.2, -0.15) is 0 Å². The van der Waals surface area contributed by atoms with Gasteiger partial charge in [-0.1, -0.05) is 0 Å². The van der Waals surface area contributed by atoms with Crippen LogP contribution in [0.5, 0.6) is 0 Å². The molecule has 82 valence electrons. The first-order valence-electron chi connectivity index (χ1n) is 4.54. The first-order valence-corrected chi connectivity index (χ1v) is 4.54. The number of ether oxygens (including phenoxy) is 4. The number of aliphatic hydroxyl groups excluding tert-OH is 2. The van der Waals surface area contributed by atoms with Crippen LogP contribution in [-0.2, 0) is 18.9 Å². The molecule has 2 aliphatic heterocycles. The summed E-state index contributed by atoms with van der Waals surface area (Å²) in [6, 6.07) is 0. The highest BCUT2D eigenvalue weighted by Crippen LogP contribution is 2.23. The summed E-state index contributed by atoms with van der Waals surface area (Å²) < 4.78 is 20.8. The van der Waals surface area contributed by atoms with Crippen molar-refractivity contribution in [3.8, 4) is 0 Å². The van der Waals surface area contributed by atoms with E-state index in [1.165, 1.54) is 0 Å². The van der Waals surface area contributed by atoms with Gasteiger partial charge in [0.25, 0.3) is 0 Å². The standard InChI is InChI=1S/C8H14O6/c9-1-5(10)7-8-6(12-4-14-7)2-11-3-13-8/h5-10H,1-4H2/t5-,6+,7+,8+/m1/s1. The second kappa shape index (κ2) is 4.52. The topological polar surface area (TPSA) is 77.4 Å². The Balaban J connectivity index is 2.01. The maximum Gasteiger partial charge on any atom is 0.147 e. The second-order valence-corrected chi connectivity index (χ2v) is 3.32. The van der Waals surface area contributed by atoms with Crippen molar-refractivity contribution in [2.75, 3.05) is 26.8 Å². The van der Waals surface area contributed by atoms with Gasteiger partial charge in [0.15, 0.2) is 0 Å². The Bertz CT molecular complexity index is 183. The van der Waals surface area contributed by atoms with Gasteiger partial charge in [-0.25, -0.2) is 0 Å². The SMILES string of the molecule is OC[C@@H](O)[C@@H]1OCO[C@H]2COCO[C@H]12. The van der Waals surface area contributed by atoms with Gasteiger partial charge in [-0.3, -0.25) is 0 Å². The van der Waals surface area contributed by atoms with Gasteiger partial charge in [0, 0.05) is 0 Å². The monoisotopic (exact) mass is 206 g/mol. The highest BCUT2D eigenvalue weighted by atomic mass is 16.8. The normalized spacial score (nSPS) is 40.3. The van der Waals surface area contributed by atoms with Crippen molar-refractivity contribution in [1.82, 2.24) is 0 Å². The summed E-state index contributed by atoms with van der Waals surface area (Å²) in [5.74, 6) is 0. The van der Waals surface area contributed by atoms with Crippen molar-refractivity contribution in [3.05, 3.63) is 0 Å². The average Bonchev–Trinajstić information content (AvgIpc) is 2.27. The lowest BCUT2D eigenvalue weighted by atomic mass is 10.0. The van der Waals surface area contributed by atoms with Gasteiger partial charge in [0.1, 0.15) is 38.0 Å². The van der Waals surface area contributed by atoms with Crippen molar-refractivity contribution in [1.29, 1.82) is 0 Å². The first kappa shape index (κ1) is 10.3. The molecule has 0 aromatic carbocycles. The minimum atomic E-state index is -0.940. The fourth-order valence-electron chi connectivity index (χ4n) is 1.68. The second-order valence-electron chi connectivity index (χ2n) is 3.32. The minimum absolute atomic E-state index is 0.0929. The third-order valence-electron chi connectivity index (χ3n) is 2.43. The van der Waals surface area contributed by atoms with Crippen molar-refractivity contribution in [2.24, 2.45) is 0 Å². The van der Waals surface area contributed by atoms with E-state index in [4.69, 9.17) is 24.1 Å². The molecule has 14 heavy (non-hydrogen) atoms. The van der Waals surface area contributed by atoms with Crippen molar-refractivity contribution in [2.45, 2.75) is 24.4 Å². The molecule has 0 amide bonds. The Morgan fingerprint density at radius 3 is 2.86 bits per heavy atom. The molecule has 2 fully saturated rings. The number of rotatable bonds is 2. The van der Waals surface area contributed by atoms with E-state index >= 15 is 0 Å². The molecule has 2 N–H and O–H groups in total. The fraction of sp³-hybridized carbons (Fsp3) is 1.00. The first-order chi connectivity index (χ1) is 6.83. The molecule has 4 atom stereocenters. The lowest BCUT2D eigenvalue weighted by molar-refractivity contribution is -0.314. The molecule has 0 saturated carbocycles. The molecule has 6 heteroatoms. The molecule has 2 rings (SSSR count). The summed E-state index contributed by atoms with van der Waals surface area (Å²) in [5.41, 5.74) is 0. The Morgan fingerprint density at radius 1 is 1.21 bits per heavy atom. The van der Waals surface area contributed by atoms with Crippen molar-refractivity contribution >= 4 is 0 Å². The molecule has 2 saturated heterocycles. The molecule has 0 aliphatic carbocycles. The smallest absolute Gasteiger partial charge is 0.147 e. The van der Waals surface area contributed by atoms with Crippen LogP contribution in [0.3, 0.4) is 0 Å². The Morgan fingerprint density at radius 2 is 2.07 bits per heavy atom. The molecule has 0 aromatic rings. The molecular weight excluding hydrogens is 192 g/mol. The van der Waals surface area contributed by atoms with Gasteiger partial charge in [0.2, 0.25) is 0 Å². The summed E-state index contributed by atoms with van der Waals surface area (Å²) in [6.45, 7) is 0.346. The maximum absolute atomic E-state index is 9.47. The molecule has 0 spiro atoms. The average molecular weight is 206 g/mol. The van der Waals surface area contributed by atoms with E-state index in [0.717, 1.165) is 0 Å². The molecule has 0 bridgehead atoms. The van der Waals surface area contributed by atoms with E-state index in [1.54, 1.807) is 0 Å². The van der Waals surface area contributed by atoms with Gasteiger partial charge >= 0.3 is 0 Å². The van der Waals surface area contributed by atoms with Gasteiger partial charge < -0.3 is 29.2 Å². The molecular formula is C8H14O6. The van der Waals surface area contributed by atoms with Crippen molar-refractivity contribution < 1.29 is 29.2 Å². The Kier molecular flexibility index (Phi) is 3.32. The van der Waals surface area contributed by atoms with Crippen LogP contribution < -0.4 is 0 Å². The molecule has 6 nitrogen and oxygen atoms in total. The van der Waals surface area contributed by atoms with Crippen LogP contribution in [0.1, 0.15) is 0 Å². The maximum atomic E-state index is 9.47. The molecule has 2 aliphatic rings. The molecule has 0 unspecified atom stereocenters. The highest BCUT2D eigenvalue weighted by Gasteiger charge is 2.41. The van der Waals surface area contributed by atoms with Crippen LogP contribution in [0.15, 0.2) is 0 Å².